The summed E-state index contributed by atoms with van der Waals surface area (Å²) in [7, 11) is 1.86. The van der Waals surface area contributed by atoms with E-state index in [1.807, 2.05) is 25.2 Å². The first-order chi connectivity index (χ1) is 10.1. The van der Waals surface area contributed by atoms with Crippen molar-refractivity contribution in [1.29, 1.82) is 0 Å². The summed E-state index contributed by atoms with van der Waals surface area (Å²) < 4.78 is 6.72. The van der Waals surface area contributed by atoms with Crippen LogP contribution < -0.4 is 10.1 Å². The predicted molar refractivity (Wildman–Crippen MR) is 85.3 cm³/mol. The quantitative estimate of drug-likeness (QED) is 0.820. The molecule has 1 aromatic rings. The molecule has 0 unspecified atom stereocenters. The highest BCUT2D eigenvalue weighted by Gasteiger charge is 2.29. The summed E-state index contributed by atoms with van der Waals surface area (Å²) in [5, 5.41) is 3.49. The maximum atomic E-state index is 12.0. The fourth-order valence-corrected chi connectivity index (χ4v) is 2.62. The molecule has 5 heteroatoms. The molecule has 0 radical (unpaired) electrons. The van der Waals surface area contributed by atoms with Crippen molar-refractivity contribution in [2.75, 3.05) is 13.7 Å². The van der Waals surface area contributed by atoms with Crippen LogP contribution in [0.2, 0.25) is 0 Å². The fraction of sp³-hybridized carbons (Fsp3) is 0.562. The molecule has 0 aliphatic heterocycles. The summed E-state index contributed by atoms with van der Waals surface area (Å²) >= 11 is 3.56. The van der Waals surface area contributed by atoms with E-state index in [1.165, 1.54) is 18.4 Å². The zero-order valence-corrected chi connectivity index (χ0v) is 13.9. The summed E-state index contributed by atoms with van der Waals surface area (Å²) in [6.45, 7) is 0.947. The lowest BCUT2D eigenvalue weighted by molar-refractivity contribution is -0.132. The number of amides is 1. The molecule has 2 saturated carbocycles. The minimum absolute atomic E-state index is 0.0538. The van der Waals surface area contributed by atoms with Crippen molar-refractivity contribution in [1.82, 2.24) is 10.2 Å². The maximum Gasteiger partial charge on any atom is 0.260 e. The van der Waals surface area contributed by atoms with Crippen LogP contribution in [0.5, 0.6) is 5.75 Å². The molecule has 2 aliphatic rings. The Morgan fingerprint density at radius 1 is 1.38 bits per heavy atom. The second kappa shape index (κ2) is 6.36. The zero-order chi connectivity index (χ0) is 14.8. The van der Waals surface area contributed by atoms with E-state index in [9.17, 15) is 4.79 Å². The normalized spacial score (nSPS) is 17.6. The van der Waals surface area contributed by atoms with E-state index in [0.717, 1.165) is 29.6 Å². The first kappa shape index (κ1) is 14.9. The lowest BCUT2D eigenvalue weighted by Gasteiger charge is -2.17. The number of nitrogens with zero attached hydrogens (tertiary/aromatic N) is 1. The van der Waals surface area contributed by atoms with E-state index in [0.29, 0.717) is 12.1 Å². The second-order valence-corrected chi connectivity index (χ2v) is 6.79. The van der Waals surface area contributed by atoms with E-state index in [1.54, 1.807) is 4.90 Å². The van der Waals surface area contributed by atoms with Crippen molar-refractivity contribution in [2.24, 2.45) is 0 Å². The van der Waals surface area contributed by atoms with Crippen LogP contribution in [0.15, 0.2) is 22.7 Å². The van der Waals surface area contributed by atoms with E-state index in [-0.39, 0.29) is 12.5 Å². The van der Waals surface area contributed by atoms with Gasteiger partial charge in [0.25, 0.3) is 5.91 Å². The van der Waals surface area contributed by atoms with Crippen LogP contribution in [0.1, 0.15) is 31.2 Å². The number of hydrogen-bond acceptors (Lipinski definition) is 3. The van der Waals surface area contributed by atoms with Crippen LogP contribution in [0.3, 0.4) is 0 Å². The Bertz CT molecular complexity index is 527. The molecule has 21 heavy (non-hydrogen) atoms. The number of hydrogen-bond donors (Lipinski definition) is 1. The Morgan fingerprint density at radius 2 is 2.14 bits per heavy atom. The summed E-state index contributed by atoms with van der Waals surface area (Å²) in [5.74, 6) is 0.807. The van der Waals surface area contributed by atoms with Gasteiger partial charge < -0.3 is 15.0 Å². The summed E-state index contributed by atoms with van der Waals surface area (Å²) in [5.41, 5.74) is 1.17. The molecule has 2 fully saturated rings. The number of carbonyl (C=O) groups is 1. The van der Waals surface area contributed by atoms with Crippen LogP contribution in [0.25, 0.3) is 0 Å². The number of ether oxygens (including phenoxy) is 1. The number of rotatable bonds is 7. The van der Waals surface area contributed by atoms with Crippen LogP contribution >= 0.6 is 15.9 Å². The van der Waals surface area contributed by atoms with Gasteiger partial charge in [-0.25, -0.2) is 0 Å². The SMILES string of the molecule is CN(C(=O)COc1ccc(Br)c(CNC2CC2)c1)C1CC1. The second-order valence-electron chi connectivity index (χ2n) is 5.93. The Morgan fingerprint density at radius 3 is 2.81 bits per heavy atom. The number of likely N-dealkylation sites (N-methyl/N-ethyl adjacent to an activating group) is 1. The summed E-state index contributed by atoms with van der Waals surface area (Å²) in [4.78, 5) is 13.8. The highest BCUT2D eigenvalue weighted by Crippen LogP contribution is 2.26. The minimum Gasteiger partial charge on any atom is -0.484 e. The van der Waals surface area contributed by atoms with Crippen LogP contribution in [-0.4, -0.2) is 36.5 Å². The smallest absolute Gasteiger partial charge is 0.260 e. The van der Waals surface area contributed by atoms with Crippen molar-refractivity contribution in [2.45, 2.75) is 44.3 Å². The van der Waals surface area contributed by atoms with Gasteiger partial charge in [0.1, 0.15) is 5.75 Å². The van der Waals surface area contributed by atoms with Gasteiger partial charge in [-0.1, -0.05) is 15.9 Å². The Hall–Kier alpha value is -1.07. The topological polar surface area (TPSA) is 41.6 Å². The molecule has 0 atom stereocenters. The Kier molecular flexibility index (Phi) is 4.50. The molecule has 0 saturated heterocycles. The van der Waals surface area contributed by atoms with Gasteiger partial charge in [-0.2, -0.15) is 0 Å². The zero-order valence-electron chi connectivity index (χ0n) is 12.3. The van der Waals surface area contributed by atoms with Gasteiger partial charge in [-0.3, -0.25) is 4.79 Å². The Balaban J connectivity index is 1.54. The largest absolute Gasteiger partial charge is 0.484 e. The number of carbonyl (C=O) groups excluding carboxylic acids is 1. The molecule has 0 heterocycles. The van der Waals surface area contributed by atoms with Gasteiger partial charge >= 0.3 is 0 Å². The predicted octanol–water partition coefficient (Wildman–Crippen LogP) is 2.70. The monoisotopic (exact) mass is 352 g/mol. The van der Waals surface area contributed by atoms with Crippen LogP contribution in [0, 0.1) is 0 Å². The molecule has 4 nitrogen and oxygen atoms in total. The van der Waals surface area contributed by atoms with Crippen molar-refractivity contribution in [3.05, 3.63) is 28.2 Å². The minimum atomic E-state index is 0.0538. The van der Waals surface area contributed by atoms with Crippen molar-refractivity contribution in [3.63, 3.8) is 0 Å². The molecule has 0 aromatic heterocycles. The summed E-state index contributed by atoms with van der Waals surface area (Å²) in [6.07, 6.45) is 4.79. The van der Waals surface area contributed by atoms with Gasteiger partial charge in [-0.15, -0.1) is 0 Å². The third-order valence-electron chi connectivity index (χ3n) is 4.03. The van der Waals surface area contributed by atoms with Crippen LogP contribution in [0.4, 0.5) is 0 Å². The van der Waals surface area contributed by atoms with E-state index in [4.69, 9.17) is 4.74 Å². The average Bonchev–Trinajstić information content (AvgIpc) is 3.37. The Labute approximate surface area is 134 Å². The van der Waals surface area contributed by atoms with Gasteiger partial charge in [-0.05, 0) is 49.4 Å². The van der Waals surface area contributed by atoms with Crippen molar-refractivity contribution < 1.29 is 9.53 Å². The molecule has 1 aromatic carbocycles. The van der Waals surface area contributed by atoms with Crippen LogP contribution in [-0.2, 0) is 11.3 Å². The van der Waals surface area contributed by atoms with E-state index < -0.39 is 0 Å². The van der Waals surface area contributed by atoms with Gasteiger partial charge in [0.05, 0.1) is 0 Å². The molecular weight excluding hydrogens is 332 g/mol. The molecule has 3 rings (SSSR count). The first-order valence-electron chi connectivity index (χ1n) is 7.54. The third kappa shape index (κ3) is 4.20. The molecule has 2 aliphatic carbocycles. The van der Waals surface area contributed by atoms with Crippen molar-refractivity contribution in [3.8, 4) is 5.75 Å². The van der Waals surface area contributed by atoms with Crippen molar-refractivity contribution >= 4 is 21.8 Å². The molecule has 0 bridgehead atoms. The van der Waals surface area contributed by atoms with E-state index >= 15 is 0 Å². The van der Waals surface area contributed by atoms with E-state index in [2.05, 4.69) is 21.2 Å². The maximum absolute atomic E-state index is 12.0. The molecule has 114 valence electrons. The first-order valence-corrected chi connectivity index (χ1v) is 8.33. The number of nitrogens with one attached hydrogen (secondary N) is 1. The van der Waals surface area contributed by atoms with Gasteiger partial charge in [0, 0.05) is 30.1 Å². The average molecular weight is 353 g/mol. The lowest BCUT2D eigenvalue weighted by Crippen LogP contribution is -2.33. The number of benzene rings is 1. The van der Waals surface area contributed by atoms with Gasteiger partial charge in [0.2, 0.25) is 0 Å². The molecule has 1 amide bonds. The standard InChI is InChI=1S/C16H21BrN2O2/c1-19(13-4-5-13)16(20)10-21-14-6-7-15(17)11(8-14)9-18-12-2-3-12/h6-8,12-13,18H,2-5,9-10H2,1H3. The molecule has 1 N–H and O–H groups in total. The molecular formula is C16H21BrN2O2. The van der Waals surface area contributed by atoms with Gasteiger partial charge in [0.15, 0.2) is 6.61 Å². The molecule has 0 spiro atoms. The third-order valence-corrected chi connectivity index (χ3v) is 4.80. The highest BCUT2D eigenvalue weighted by molar-refractivity contribution is 9.10. The highest BCUT2D eigenvalue weighted by atomic mass is 79.9. The lowest BCUT2D eigenvalue weighted by atomic mass is 10.2. The summed E-state index contributed by atoms with van der Waals surface area (Å²) in [6, 6.07) is 6.99. The fourth-order valence-electron chi connectivity index (χ4n) is 2.23. The number of halogens is 1.